The van der Waals surface area contributed by atoms with E-state index in [1.54, 1.807) is 13.3 Å². The van der Waals surface area contributed by atoms with Gasteiger partial charge in [-0.15, -0.1) is 0 Å². The average Bonchev–Trinajstić information content (AvgIpc) is 2.93. The second kappa shape index (κ2) is 6.33. The number of aromatic nitrogens is 3. The lowest BCUT2D eigenvalue weighted by molar-refractivity contribution is 0.385. The van der Waals surface area contributed by atoms with Crippen LogP contribution in [0.1, 0.15) is 31.3 Å². The molecule has 0 saturated carbocycles. The van der Waals surface area contributed by atoms with E-state index < -0.39 is 0 Å². The molecule has 0 aliphatic rings. The van der Waals surface area contributed by atoms with Crippen molar-refractivity contribution in [2.24, 2.45) is 0 Å². The highest BCUT2D eigenvalue weighted by Gasteiger charge is 2.21. The summed E-state index contributed by atoms with van der Waals surface area (Å²) < 4.78 is 7.48. The van der Waals surface area contributed by atoms with Gasteiger partial charge in [0.1, 0.15) is 5.82 Å². The fourth-order valence-corrected chi connectivity index (χ4v) is 2.19. The van der Waals surface area contributed by atoms with Crippen LogP contribution in [0, 0.1) is 0 Å². The minimum atomic E-state index is -0.0106. The molecular weight excluding hydrogens is 240 g/mol. The number of aryl methyl sites for hydroxylation is 1. The van der Waals surface area contributed by atoms with E-state index in [1.165, 1.54) is 0 Å². The Bertz CT molecular complexity index is 524. The topological polar surface area (TPSA) is 52.0 Å². The first-order chi connectivity index (χ1) is 9.31. The average molecular weight is 260 g/mol. The number of nitrogens with zero attached hydrogens (tertiary/aromatic N) is 3. The summed E-state index contributed by atoms with van der Waals surface area (Å²) in [5.74, 6) is 1.62. The fourth-order valence-electron chi connectivity index (χ4n) is 2.19. The molecule has 0 aromatic carbocycles. The zero-order valence-electron chi connectivity index (χ0n) is 11.6. The van der Waals surface area contributed by atoms with Crippen molar-refractivity contribution in [1.82, 2.24) is 19.9 Å². The van der Waals surface area contributed by atoms with Crippen LogP contribution in [-0.2, 0) is 6.54 Å². The number of hydrogen-bond acceptors (Lipinski definition) is 4. The second-order valence-electron chi connectivity index (χ2n) is 4.16. The molecular formula is C14H20N4O. The smallest absolute Gasteiger partial charge is 0.218 e. The van der Waals surface area contributed by atoms with Gasteiger partial charge in [-0.1, -0.05) is 13.0 Å². The van der Waals surface area contributed by atoms with Crippen molar-refractivity contribution in [3.05, 3.63) is 42.1 Å². The largest absolute Gasteiger partial charge is 0.481 e. The Balaban J connectivity index is 2.45. The second-order valence-corrected chi connectivity index (χ2v) is 4.16. The lowest BCUT2D eigenvalue weighted by Gasteiger charge is -2.20. The third kappa shape index (κ3) is 2.76. The van der Waals surface area contributed by atoms with Gasteiger partial charge in [0.2, 0.25) is 5.88 Å². The fraction of sp³-hybridized carbons (Fsp3) is 0.429. The summed E-state index contributed by atoms with van der Waals surface area (Å²) in [7, 11) is 1.64. The lowest BCUT2D eigenvalue weighted by atomic mass is 10.1. The van der Waals surface area contributed by atoms with Crippen molar-refractivity contribution < 1.29 is 4.74 Å². The molecule has 0 radical (unpaired) electrons. The summed E-state index contributed by atoms with van der Waals surface area (Å²) in [6.07, 6.45) is 5.55. The van der Waals surface area contributed by atoms with Crippen LogP contribution in [0.4, 0.5) is 0 Å². The summed E-state index contributed by atoms with van der Waals surface area (Å²) in [4.78, 5) is 8.74. The predicted octanol–water partition coefficient (Wildman–Crippen LogP) is 2.01. The number of methoxy groups -OCH3 is 1. The van der Waals surface area contributed by atoms with E-state index in [0.29, 0.717) is 5.88 Å². The van der Waals surface area contributed by atoms with E-state index in [1.807, 2.05) is 24.5 Å². The lowest BCUT2D eigenvalue weighted by Crippen LogP contribution is -2.26. The molecule has 2 aromatic rings. The van der Waals surface area contributed by atoms with Gasteiger partial charge in [-0.05, 0) is 19.5 Å². The van der Waals surface area contributed by atoms with Gasteiger partial charge in [0.15, 0.2) is 0 Å². The van der Waals surface area contributed by atoms with Crippen LogP contribution >= 0.6 is 0 Å². The molecule has 0 bridgehead atoms. The quantitative estimate of drug-likeness (QED) is 0.863. The van der Waals surface area contributed by atoms with E-state index in [4.69, 9.17) is 4.74 Å². The number of ether oxygens (including phenoxy) is 1. The molecule has 0 aliphatic heterocycles. The van der Waals surface area contributed by atoms with Crippen LogP contribution in [-0.4, -0.2) is 28.2 Å². The monoisotopic (exact) mass is 260 g/mol. The van der Waals surface area contributed by atoms with Crippen molar-refractivity contribution in [2.75, 3.05) is 13.7 Å². The predicted molar refractivity (Wildman–Crippen MR) is 74.2 cm³/mol. The van der Waals surface area contributed by atoms with Gasteiger partial charge in [0.25, 0.3) is 0 Å². The summed E-state index contributed by atoms with van der Waals surface area (Å²) in [6, 6.07) is 3.93. The maximum Gasteiger partial charge on any atom is 0.218 e. The van der Waals surface area contributed by atoms with Gasteiger partial charge in [-0.2, -0.15) is 0 Å². The van der Waals surface area contributed by atoms with E-state index in [0.717, 1.165) is 24.5 Å². The van der Waals surface area contributed by atoms with E-state index in [9.17, 15) is 0 Å². The van der Waals surface area contributed by atoms with E-state index in [-0.39, 0.29) is 6.04 Å². The highest BCUT2D eigenvalue weighted by Crippen LogP contribution is 2.27. The normalized spacial score (nSPS) is 12.4. The Hall–Kier alpha value is -1.88. The molecule has 2 rings (SSSR count). The standard InChI is InChI=1S/C14H20N4O/c1-4-15-12(13-16-9-10-18(13)5-2)11-7-6-8-17-14(11)19-3/h6-10,12,15H,4-5H2,1-3H3. The van der Waals surface area contributed by atoms with Crippen molar-refractivity contribution in [2.45, 2.75) is 26.4 Å². The van der Waals surface area contributed by atoms with Crippen LogP contribution < -0.4 is 10.1 Å². The molecule has 1 atom stereocenters. The molecule has 2 aromatic heterocycles. The number of pyridine rings is 1. The Kier molecular flexibility index (Phi) is 4.52. The van der Waals surface area contributed by atoms with Crippen LogP contribution in [0.3, 0.4) is 0 Å². The van der Waals surface area contributed by atoms with Gasteiger partial charge in [0, 0.05) is 30.7 Å². The van der Waals surface area contributed by atoms with Crippen LogP contribution in [0.2, 0.25) is 0 Å². The molecule has 2 heterocycles. The van der Waals surface area contributed by atoms with Crippen LogP contribution in [0.15, 0.2) is 30.7 Å². The molecule has 1 N–H and O–H groups in total. The molecule has 5 heteroatoms. The van der Waals surface area contributed by atoms with Gasteiger partial charge in [-0.3, -0.25) is 0 Å². The summed E-state index contributed by atoms with van der Waals surface area (Å²) in [5.41, 5.74) is 1.01. The molecule has 0 spiro atoms. The molecule has 0 saturated heterocycles. The van der Waals surface area contributed by atoms with Crippen molar-refractivity contribution >= 4 is 0 Å². The molecule has 5 nitrogen and oxygen atoms in total. The Labute approximate surface area is 113 Å². The maximum atomic E-state index is 5.36. The van der Waals surface area contributed by atoms with Gasteiger partial charge in [0.05, 0.1) is 13.2 Å². The molecule has 0 fully saturated rings. The number of hydrogen-bond donors (Lipinski definition) is 1. The van der Waals surface area contributed by atoms with Crippen LogP contribution in [0.25, 0.3) is 0 Å². The summed E-state index contributed by atoms with van der Waals surface area (Å²) in [5, 5.41) is 3.45. The minimum Gasteiger partial charge on any atom is -0.481 e. The van der Waals surface area contributed by atoms with Crippen molar-refractivity contribution in [1.29, 1.82) is 0 Å². The highest BCUT2D eigenvalue weighted by molar-refractivity contribution is 5.33. The Morgan fingerprint density at radius 1 is 1.32 bits per heavy atom. The van der Waals surface area contributed by atoms with E-state index >= 15 is 0 Å². The molecule has 102 valence electrons. The first-order valence-electron chi connectivity index (χ1n) is 6.55. The van der Waals surface area contributed by atoms with Gasteiger partial charge >= 0.3 is 0 Å². The molecule has 1 unspecified atom stereocenters. The van der Waals surface area contributed by atoms with E-state index in [2.05, 4.69) is 33.7 Å². The van der Waals surface area contributed by atoms with Crippen molar-refractivity contribution in [3.63, 3.8) is 0 Å². The Morgan fingerprint density at radius 3 is 2.84 bits per heavy atom. The van der Waals surface area contributed by atoms with Crippen LogP contribution in [0.5, 0.6) is 5.88 Å². The number of nitrogens with one attached hydrogen (secondary N) is 1. The minimum absolute atomic E-state index is 0.0106. The number of imidazole rings is 1. The zero-order valence-corrected chi connectivity index (χ0v) is 11.6. The maximum absolute atomic E-state index is 5.36. The number of rotatable bonds is 6. The first-order valence-corrected chi connectivity index (χ1v) is 6.55. The van der Waals surface area contributed by atoms with Gasteiger partial charge < -0.3 is 14.6 Å². The van der Waals surface area contributed by atoms with Gasteiger partial charge in [-0.25, -0.2) is 9.97 Å². The molecule has 19 heavy (non-hydrogen) atoms. The summed E-state index contributed by atoms with van der Waals surface area (Å²) in [6.45, 7) is 5.92. The summed E-state index contributed by atoms with van der Waals surface area (Å²) >= 11 is 0. The SMILES string of the molecule is CCNC(c1cccnc1OC)c1nccn1CC. The first kappa shape index (κ1) is 13.5. The molecule has 0 amide bonds. The third-order valence-electron chi connectivity index (χ3n) is 3.06. The molecule has 0 aliphatic carbocycles. The Morgan fingerprint density at radius 2 is 2.16 bits per heavy atom. The third-order valence-corrected chi connectivity index (χ3v) is 3.06. The van der Waals surface area contributed by atoms with Crippen molar-refractivity contribution in [3.8, 4) is 5.88 Å². The zero-order chi connectivity index (χ0) is 13.7. The highest BCUT2D eigenvalue weighted by atomic mass is 16.5.